The summed E-state index contributed by atoms with van der Waals surface area (Å²) in [5, 5.41) is 83.4. The Morgan fingerprint density at radius 3 is 0.964 bits per heavy atom. The van der Waals surface area contributed by atoms with Crippen molar-refractivity contribution in [2.45, 2.75) is 12.8 Å². The van der Waals surface area contributed by atoms with Crippen LogP contribution in [-0.4, -0.2) is 60.8 Å². The molecule has 2 aliphatic heterocycles. The average Bonchev–Trinajstić information content (AvgIpc) is 4.02. The van der Waals surface area contributed by atoms with Crippen molar-refractivity contribution in [2.75, 3.05) is 0 Å². The van der Waals surface area contributed by atoms with Gasteiger partial charge in [0.05, 0.1) is 22.8 Å². The summed E-state index contributed by atoms with van der Waals surface area (Å²) in [5.74, 6) is -2.40. The van der Waals surface area contributed by atoms with Crippen molar-refractivity contribution in [1.29, 1.82) is 0 Å². The number of phenols is 8. The van der Waals surface area contributed by atoms with Crippen LogP contribution in [0.25, 0.3) is 78.7 Å². The monoisotopic (exact) mass is 744 g/mol. The van der Waals surface area contributed by atoms with Crippen molar-refractivity contribution < 1.29 is 40.9 Å². The lowest BCUT2D eigenvalue weighted by Crippen LogP contribution is -1.90. The summed E-state index contributed by atoms with van der Waals surface area (Å²) >= 11 is 0. The van der Waals surface area contributed by atoms with Crippen molar-refractivity contribution in [3.8, 4) is 90.5 Å². The van der Waals surface area contributed by atoms with E-state index in [1.165, 1.54) is 48.5 Å². The van der Waals surface area contributed by atoms with Crippen molar-refractivity contribution in [2.24, 2.45) is 0 Å². The fourth-order valence-corrected chi connectivity index (χ4v) is 7.44. The summed E-state index contributed by atoms with van der Waals surface area (Å²) in [7, 11) is 0. The fraction of sp³-hybridized carbons (Fsp3) is 0.0455. The summed E-state index contributed by atoms with van der Waals surface area (Å²) in [6.07, 6.45) is 4.58. The number of hydrogen-bond donors (Lipinski definition) is 10. The van der Waals surface area contributed by atoms with Crippen LogP contribution in [0.1, 0.15) is 22.8 Å². The lowest BCUT2D eigenvalue weighted by atomic mass is 10.00. The van der Waals surface area contributed by atoms with Gasteiger partial charge in [-0.3, -0.25) is 4.98 Å². The molecule has 7 aromatic rings. The van der Waals surface area contributed by atoms with E-state index < -0.39 is 0 Å². The fourth-order valence-electron chi connectivity index (χ4n) is 7.44. The van der Waals surface area contributed by atoms with Crippen LogP contribution in [0.4, 0.5) is 0 Å². The van der Waals surface area contributed by atoms with Crippen LogP contribution in [-0.2, 0) is 12.8 Å². The van der Waals surface area contributed by atoms with E-state index >= 15 is 0 Å². The maximum absolute atomic E-state index is 10.6. The number of aryl methyl sites for hydroxylation is 2. The first kappa shape index (κ1) is 33.9. The molecule has 3 aromatic heterocycles. The summed E-state index contributed by atoms with van der Waals surface area (Å²) < 4.78 is 0. The minimum Gasteiger partial charge on any atom is -0.504 e. The number of nitrogens with one attached hydrogen (secondary N) is 2. The quantitative estimate of drug-likeness (QED) is 0.0774. The minimum atomic E-state index is -0.323. The van der Waals surface area contributed by atoms with E-state index in [0.717, 1.165) is 0 Å². The summed E-state index contributed by atoms with van der Waals surface area (Å²) in [4.78, 5) is 17.3. The van der Waals surface area contributed by atoms with Crippen molar-refractivity contribution in [3.63, 3.8) is 0 Å². The van der Waals surface area contributed by atoms with Gasteiger partial charge in [-0.1, -0.05) is 24.3 Å². The predicted octanol–water partition coefficient (Wildman–Crippen LogP) is 8.58. The molecule has 0 atom stereocenters. The average molecular weight is 745 g/mol. The molecule has 5 heterocycles. The van der Waals surface area contributed by atoms with Gasteiger partial charge in [-0.2, -0.15) is 0 Å². The van der Waals surface area contributed by atoms with Crippen LogP contribution < -0.4 is 0 Å². The van der Waals surface area contributed by atoms with Gasteiger partial charge >= 0.3 is 0 Å². The zero-order valence-electron chi connectivity index (χ0n) is 29.3. The van der Waals surface area contributed by atoms with Crippen LogP contribution in [0, 0.1) is 0 Å². The van der Waals surface area contributed by atoms with E-state index in [2.05, 4.69) is 9.97 Å². The second kappa shape index (κ2) is 12.9. The van der Waals surface area contributed by atoms with Crippen LogP contribution in [0.5, 0.6) is 46.0 Å². The molecule has 0 saturated heterocycles. The highest BCUT2D eigenvalue weighted by atomic mass is 16.3. The van der Waals surface area contributed by atoms with Crippen molar-refractivity contribution in [1.82, 2.24) is 19.9 Å². The van der Waals surface area contributed by atoms with Crippen LogP contribution >= 0.6 is 0 Å². The number of H-pyrrole nitrogens is 2. The first-order chi connectivity index (χ1) is 27.0. The van der Waals surface area contributed by atoms with Gasteiger partial charge in [0.15, 0.2) is 46.0 Å². The summed E-state index contributed by atoms with van der Waals surface area (Å²) in [5.41, 5.74) is 9.51. The van der Waals surface area contributed by atoms with E-state index in [1.807, 2.05) is 36.4 Å². The Labute approximate surface area is 317 Å². The van der Waals surface area contributed by atoms with Gasteiger partial charge in [-0.25, -0.2) is 4.98 Å². The van der Waals surface area contributed by atoms with Gasteiger partial charge in [0, 0.05) is 44.3 Å². The maximum Gasteiger partial charge on any atom is 0.158 e. The molecule has 12 heteroatoms. The molecule has 0 unspecified atom stereocenters. The Morgan fingerprint density at radius 2 is 0.643 bits per heavy atom. The number of rotatable bonds is 4. The number of aromatic nitrogens is 4. The van der Waals surface area contributed by atoms with Gasteiger partial charge < -0.3 is 50.8 Å². The lowest BCUT2D eigenvalue weighted by Gasteiger charge is -2.08. The number of aromatic amines is 2. The standard InChI is InChI=1S/C44H32N4O8/c49-33-13-1-21(17-37(33)53)41-25-5-7-27(45-25)42(22-2-14-34(50)38(54)18-22)29-9-11-31(47-29)44(24-4-16-36(52)40(56)20-24)32-12-10-30(48-32)43(28-8-6-26(41)46-28)23-3-15-35(51)39(55)19-23/h1-9,11,13-20,46-47,49-56H,10,12H2. The highest BCUT2D eigenvalue weighted by Gasteiger charge is 2.22. The Morgan fingerprint density at radius 1 is 0.339 bits per heavy atom. The number of nitrogens with zero attached hydrogens (tertiary/aromatic N) is 2. The van der Waals surface area contributed by atoms with Crippen LogP contribution in [0.3, 0.4) is 0 Å². The smallest absolute Gasteiger partial charge is 0.158 e. The largest absolute Gasteiger partial charge is 0.504 e. The minimum absolute atomic E-state index is 0.278. The Kier molecular flexibility index (Phi) is 7.83. The van der Waals surface area contributed by atoms with E-state index in [-0.39, 0.29) is 46.0 Å². The molecule has 0 radical (unpaired) electrons. The second-order valence-electron chi connectivity index (χ2n) is 13.6. The van der Waals surface area contributed by atoms with Crippen molar-refractivity contribution >= 4 is 34.2 Å². The summed E-state index contributed by atoms with van der Waals surface area (Å²) in [6.45, 7) is 0. The van der Waals surface area contributed by atoms with E-state index in [4.69, 9.17) is 9.97 Å². The van der Waals surface area contributed by atoms with Crippen LogP contribution in [0.2, 0.25) is 0 Å². The molecule has 276 valence electrons. The number of benzene rings is 4. The molecule has 10 N–H and O–H groups in total. The summed E-state index contributed by atoms with van der Waals surface area (Å²) in [6, 6.07) is 25.6. The number of phenolic OH excluding ortho intramolecular Hbond substituents is 8. The Balaban J connectivity index is 1.48. The van der Waals surface area contributed by atoms with Gasteiger partial charge in [-0.05, 0) is 120 Å². The van der Waals surface area contributed by atoms with E-state index in [1.54, 1.807) is 24.3 Å². The third-order valence-corrected chi connectivity index (χ3v) is 10.1. The van der Waals surface area contributed by atoms with Gasteiger partial charge in [-0.15, -0.1) is 0 Å². The van der Waals surface area contributed by atoms with Gasteiger partial charge in [0.2, 0.25) is 0 Å². The molecule has 4 aromatic carbocycles. The van der Waals surface area contributed by atoms with Gasteiger partial charge in [0.1, 0.15) is 0 Å². The molecule has 8 bridgehead atoms. The normalized spacial score (nSPS) is 12.3. The molecule has 9 rings (SSSR count). The molecule has 0 aliphatic carbocycles. The highest BCUT2D eigenvalue weighted by molar-refractivity contribution is 5.98. The molecule has 2 aliphatic rings. The number of fused-ring (bicyclic) bond motifs is 8. The topological polar surface area (TPSA) is 219 Å². The van der Waals surface area contributed by atoms with E-state index in [9.17, 15) is 40.9 Å². The number of hydrogen-bond acceptors (Lipinski definition) is 10. The van der Waals surface area contributed by atoms with Gasteiger partial charge in [0.25, 0.3) is 0 Å². The number of aromatic hydroxyl groups is 8. The van der Waals surface area contributed by atoms with Crippen LogP contribution in [0.15, 0.2) is 97.1 Å². The molecule has 56 heavy (non-hydrogen) atoms. The molecular formula is C44H32N4O8. The zero-order chi connectivity index (χ0) is 38.8. The second-order valence-corrected chi connectivity index (χ2v) is 13.6. The molecule has 0 spiro atoms. The molecular weight excluding hydrogens is 713 g/mol. The first-order valence-electron chi connectivity index (χ1n) is 17.6. The Hall–Kier alpha value is -7.86. The Bertz CT molecular complexity index is 2790. The van der Waals surface area contributed by atoms with Crippen molar-refractivity contribution in [3.05, 3.63) is 120 Å². The molecule has 0 saturated carbocycles. The SMILES string of the molecule is Oc1ccc(-c2c3nc(c(-c4ccc(O)c(O)c4)c4ccc([nH]4)c(-c4ccc(O)c(O)c4)c4nc(c(-c5ccc(O)c(O)c5)c5ccc2[nH]5)CC4)C=C3)cc1O. The molecule has 0 amide bonds. The third kappa shape index (κ3) is 5.73. The predicted molar refractivity (Wildman–Crippen MR) is 212 cm³/mol. The maximum atomic E-state index is 10.6. The molecule has 0 fully saturated rings. The zero-order valence-corrected chi connectivity index (χ0v) is 29.3. The first-order valence-corrected chi connectivity index (χ1v) is 17.6. The highest BCUT2D eigenvalue weighted by Crippen LogP contribution is 2.42. The lowest BCUT2D eigenvalue weighted by molar-refractivity contribution is 0.404. The molecule has 12 nitrogen and oxygen atoms in total. The third-order valence-electron chi connectivity index (χ3n) is 10.1. The van der Waals surface area contributed by atoms with E-state index in [0.29, 0.717) is 102 Å².